The van der Waals surface area contributed by atoms with Crippen LogP contribution in [0.15, 0.2) is 53.4 Å². The normalized spacial score (nSPS) is 19.6. The molecule has 8 nitrogen and oxygen atoms in total. The van der Waals surface area contributed by atoms with Gasteiger partial charge in [-0.2, -0.15) is 0 Å². The van der Waals surface area contributed by atoms with E-state index >= 15 is 0 Å². The van der Waals surface area contributed by atoms with Crippen LogP contribution < -0.4 is 16.4 Å². The van der Waals surface area contributed by atoms with E-state index in [1.807, 2.05) is 47.8 Å². The van der Waals surface area contributed by atoms with Crippen LogP contribution in [0.3, 0.4) is 0 Å². The summed E-state index contributed by atoms with van der Waals surface area (Å²) in [5.41, 5.74) is 12.7. The number of alkyl halides is 1. The molecule has 0 spiro atoms. The number of aliphatic imine (C=N–C) groups is 1. The quantitative estimate of drug-likeness (QED) is 0.343. The second kappa shape index (κ2) is 9.93. The van der Waals surface area contributed by atoms with Crippen molar-refractivity contribution in [1.82, 2.24) is 19.9 Å². The molecule has 5 rings (SSSR count). The Labute approximate surface area is 206 Å². The first kappa shape index (κ1) is 23.1. The molecule has 1 aliphatic rings. The Bertz CT molecular complexity index is 1420. The maximum atomic E-state index is 14.9. The fraction of sp³-hybridized carbons (Fsp3) is 0.280. The molecule has 1 saturated heterocycles. The molecule has 3 heterocycles. The summed E-state index contributed by atoms with van der Waals surface area (Å²) in [6, 6.07) is 9.60. The molecule has 2 aromatic carbocycles. The van der Waals surface area contributed by atoms with E-state index in [4.69, 9.17) is 5.73 Å². The number of likely N-dealkylation sites (tertiary alicyclic amines) is 1. The number of thiazole rings is 1. The first-order chi connectivity index (χ1) is 17.1. The van der Waals surface area contributed by atoms with E-state index in [0.29, 0.717) is 18.8 Å². The molecule has 4 aromatic rings. The number of allylic oxidation sites excluding steroid dienone is 1. The van der Waals surface area contributed by atoms with Crippen molar-refractivity contribution in [3.05, 3.63) is 53.9 Å². The molecule has 10 heteroatoms. The van der Waals surface area contributed by atoms with Crippen LogP contribution in [-0.4, -0.2) is 65.5 Å². The molecular weight excluding hydrogens is 463 g/mol. The summed E-state index contributed by atoms with van der Waals surface area (Å²) in [6.07, 6.45) is 4.44. The highest BCUT2D eigenvalue weighted by Gasteiger charge is 2.28. The van der Waals surface area contributed by atoms with E-state index in [-0.39, 0.29) is 6.04 Å². The van der Waals surface area contributed by atoms with E-state index < -0.39 is 6.17 Å². The van der Waals surface area contributed by atoms with Crippen LogP contribution in [0.5, 0.6) is 0 Å². The van der Waals surface area contributed by atoms with Gasteiger partial charge in [0, 0.05) is 60.4 Å². The number of piperidine rings is 1. The van der Waals surface area contributed by atoms with Gasteiger partial charge in [0.1, 0.15) is 18.3 Å². The maximum absolute atomic E-state index is 14.9. The zero-order valence-electron chi connectivity index (χ0n) is 19.6. The van der Waals surface area contributed by atoms with Gasteiger partial charge in [-0.15, -0.1) is 11.3 Å². The third-order valence-electron chi connectivity index (χ3n) is 6.21. The van der Waals surface area contributed by atoms with E-state index in [2.05, 4.69) is 30.6 Å². The second-order valence-electron chi connectivity index (χ2n) is 8.62. The lowest BCUT2D eigenvalue weighted by Crippen LogP contribution is -2.46. The molecule has 0 saturated carbocycles. The number of hydrogen-bond donors (Lipinski definition) is 3. The molecule has 0 radical (unpaired) electrons. The van der Waals surface area contributed by atoms with Crippen molar-refractivity contribution < 1.29 is 4.39 Å². The van der Waals surface area contributed by atoms with Crippen LogP contribution in [0.2, 0.25) is 0 Å². The maximum Gasteiger partial charge on any atom is 0.141 e. The zero-order valence-corrected chi connectivity index (χ0v) is 20.4. The third-order valence-corrected chi connectivity index (χ3v) is 7.00. The Balaban J connectivity index is 1.57. The number of nitrogens with two attached hydrogens (primary N) is 1. The lowest BCUT2D eigenvalue weighted by Gasteiger charge is -2.34. The number of halogens is 1. The predicted octanol–water partition coefficient (Wildman–Crippen LogP) is 4.44. The number of benzene rings is 2. The van der Waals surface area contributed by atoms with Crippen LogP contribution in [0, 0.1) is 0 Å². The highest BCUT2D eigenvalue weighted by molar-refractivity contribution is 7.16. The molecule has 1 aliphatic heterocycles. The van der Waals surface area contributed by atoms with Crippen molar-refractivity contribution in [1.29, 1.82) is 0 Å². The number of nitrogens with one attached hydrogen (secondary N) is 2. The highest BCUT2D eigenvalue weighted by atomic mass is 32.1. The molecule has 35 heavy (non-hydrogen) atoms. The van der Waals surface area contributed by atoms with E-state index in [9.17, 15) is 4.39 Å². The van der Waals surface area contributed by atoms with Crippen molar-refractivity contribution in [2.45, 2.75) is 18.6 Å². The Morgan fingerprint density at radius 3 is 2.91 bits per heavy atom. The van der Waals surface area contributed by atoms with Crippen molar-refractivity contribution in [2.24, 2.45) is 10.7 Å². The molecule has 180 valence electrons. The molecule has 2 atom stereocenters. The fourth-order valence-corrected chi connectivity index (χ4v) is 5.11. The van der Waals surface area contributed by atoms with Crippen LogP contribution in [-0.2, 0) is 0 Å². The number of rotatable bonds is 6. The van der Waals surface area contributed by atoms with Crippen LogP contribution in [0.4, 0.5) is 21.6 Å². The summed E-state index contributed by atoms with van der Waals surface area (Å²) in [5.74, 6) is 0.663. The van der Waals surface area contributed by atoms with Crippen LogP contribution >= 0.6 is 11.3 Å². The Kier molecular flexibility index (Phi) is 6.56. The minimum absolute atomic E-state index is 0.310. The molecule has 0 bridgehead atoms. The molecule has 4 N–H and O–H groups in total. The molecule has 0 aliphatic carbocycles. The minimum Gasteiger partial charge on any atom is -0.404 e. The summed E-state index contributed by atoms with van der Waals surface area (Å²) in [7, 11) is 3.63. The first-order valence-corrected chi connectivity index (χ1v) is 12.3. The minimum atomic E-state index is -0.988. The van der Waals surface area contributed by atoms with Gasteiger partial charge in [0.15, 0.2) is 0 Å². The Hall–Kier alpha value is -3.63. The van der Waals surface area contributed by atoms with Gasteiger partial charge in [0.05, 0.1) is 27.3 Å². The van der Waals surface area contributed by atoms with Crippen molar-refractivity contribution in [3.63, 3.8) is 0 Å². The summed E-state index contributed by atoms with van der Waals surface area (Å²) in [4.78, 5) is 19.5. The van der Waals surface area contributed by atoms with E-state index in [1.165, 1.54) is 12.5 Å². The smallest absolute Gasteiger partial charge is 0.141 e. The molecular formula is C25H27FN8S. The standard InChI is InChI=1S/C25H27FN8S/c1-28-11-15(10-27)17-8-22-18(9-23(17)33-20-5-6-34(2)12-19(20)26)25(30-13-29-22)32-16-3-4-21-24(7-16)35-14-31-21/h3-4,7-11,13-14,19-20,33H,5-6,12,27H2,1-2H3,(H,29,30,32)/b15-10+,28-11?/t19-,20?/m1/s1. The van der Waals surface area contributed by atoms with Gasteiger partial charge in [0.2, 0.25) is 0 Å². The molecule has 1 fully saturated rings. The number of nitrogens with zero attached hydrogens (tertiary/aromatic N) is 5. The average molecular weight is 491 g/mol. The van der Waals surface area contributed by atoms with Gasteiger partial charge in [0.25, 0.3) is 0 Å². The molecule has 2 aromatic heterocycles. The van der Waals surface area contributed by atoms with Gasteiger partial charge in [-0.3, -0.25) is 4.99 Å². The zero-order chi connectivity index (χ0) is 24.4. The van der Waals surface area contributed by atoms with Gasteiger partial charge < -0.3 is 21.3 Å². The summed E-state index contributed by atoms with van der Waals surface area (Å²) in [6.45, 7) is 1.22. The predicted molar refractivity (Wildman–Crippen MR) is 143 cm³/mol. The topological polar surface area (TPSA) is 104 Å². The Morgan fingerprint density at radius 2 is 2.11 bits per heavy atom. The largest absolute Gasteiger partial charge is 0.404 e. The SMILES string of the molecule is CN=C/C(=C\N)c1cc2ncnc(Nc3ccc4ncsc4c3)c2cc1NC1CCN(C)C[C@H]1F. The number of hydrogen-bond acceptors (Lipinski definition) is 9. The number of anilines is 3. The summed E-state index contributed by atoms with van der Waals surface area (Å²) in [5, 5.41) is 7.68. The van der Waals surface area contributed by atoms with Gasteiger partial charge >= 0.3 is 0 Å². The van der Waals surface area contributed by atoms with E-state index in [0.717, 1.165) is 50.2 Å². The second-order valence-corrected chi connectivity index (χ2v) is 9.51. The highest BCUT2D eigenvalue weighted by Crippen LogP contribution is 2.34. The van der Waals surface area contributed by atoms with Crippen molar-refractivity contribution in [3.8, 4) is 0 Å². The first-order valence-electron chi connectivity index (χ1n) is 11.4. The van der Waals surface area contributed by atoms with Crippen LogP contribution in [0.1, 0.15) is 12.0 Å². The molecule has 0 amide bonds. The third kappa shape index (κ3) is 4.80. The van der Waals surface area contributed by atoms with E-state index in [1.54, 1.807) is 24.6 Å². The number of aromatic nitrogens is 3. The monoisotopic (exact) mass is 490 g/mol. The fourth-order valence-electron chi connectivity index (χ4n) is 4.39. The number of fused-ring (bicyclic) bond motifs is 2. The van der Waals surface area contributed by atoms with Crippen LogP contribution in [0.25, 0.3) is 26.7 Å². The van der Waals surface area contributed by atoms with Gasteiger partial charge in [-0.1, -0.05) is 0 Å². The van der Waals surface area contributed by atoms with Crippen molar-refractivity contribution in [2.75, 3.05) is 37.8 Å². The Morgan fingerprint density at radius 1 is 1.23 bits per heavy atom. The van der Waals surface area contributed by atoms with Gasteiger partial charge in [-0.25, -0.2) is 19.3 Å². The average Bonchev–Trinajstić information content (AvgIpc) is 3.32. The van der Waals surface area contributed by atoms with Gasteiger partial charge in [-0.05, 0) is 43.8 Å². The lowest BCUT2D eigenvalue weighted by atomic mass is 9.99. The summed E-state index contributed by atoms with van der Waals surface area (Å²) < 4.78 is 16.0. The lowest BCUT2D eigenvalue weighted by molar-refractivity contribution is 0.149. The van der Waals surface area contributed by atoms with Crippen molar-refractivity contribution >= 4 is 61.4 Å². The summed E-state index contributed by atoms with van der Waals surface area (Å²) >= 11 is 1.59. The molecule has 1 unspecified atom stereocenters.